The summed E-state index contributed by atoms with van der Waals surface area (Å²) in [6.07, 6.45) is 1.89. The minimum atomic E-state index is -1.17. The summed E-state index contributed by atoms with van der Waals surface area (Å²) in [6.45, 7) is 0. The highest BCUT2D eigenvalue weighted by atomic mass is 16.3. The van der Waals surface area contributed by atoms with Crippen molar-refractivity contribution in [3.63, 3.8) is 0 Å². The van der Waals surface area contributed by atoms with E-state index in [9.17, 15) is 9.90 Å². The summed E-state index contributed by atoms with van der Waals surface area (Å²) < 4.78 is 5.20. The Morgan fingerprint density at radius 2 is 1.76 bits per heavy atom. The van der Waals surface area contributed by atoms with Gasteiger partial charge in [-0.05, 0) is 17.7 Å². The van der Waals surface area contributed by atoms with Crippen molar-refractivity contribution >= 4 is 5.78 Å². The third-order valence-corrected chi connectivity index (χ3v) is 3.21. The van der Waals surface area contributed by atoms with E-state index in [0.717, 1.165) is 5.56 Å². The van der Waals surface area contributed by atoms with E-state index < -0.39 is 6.10 Å². The molecule has 1 aromatic heterocycles. The van der Waals surface area contributed by atoms with E-state index in [2.05, 4.69) is 4.98 Å². The zero-order valence-electron chi connectivity index (χ0n) is 11.1. The van der Waals surface area contributed by atoms with Gasteiger partial charge in [0, 0.05) is 11.1 Å². The van der Waals surface area contributed by atoms with E-state index in [4.69, 9.17) is 4.42 Å². The Morgan fingerprint density at radius 3 is 2.38 bits per heavy atom. The average Bonchev–Trinajstić information content (AvgIpc) is 3.09. The Hall–Kier alpha value is -2.72. The number of carbonyl (C=O) groups is 1. The van der Waals surface area contributed by atoms with Gasteiger partial charge in [-0.2, -0.15) is 0 Å². The van der Waals surface area contributed by atoms with E-state index in [1.165, 1.54) is 6.26 Å². The number of rotatable bonds is 4. The summed E-state index contributed by atoms with van der Waals surface area (Å²) in [5.41, 5.74) is 1.82. The van der Waals surface area contributed by atoms with Crippen LogP contribution in [0.5, 0.6) is 0 Å². The predicted molar refractivity (Wildman–Crippen MR) is 77.7 cm³/mol. The molecule has 0 aliphatic heterocycles. The van der Waals surface area contributed by atoms with Gasteiger partial charge in [0.25, 0.3) is 0 Å². The maximum absolute atomic E-state index is 12.2. The van der Waals surface area contributed by atoms with Gasteiger partial charge in [0.05, 0.1) is 6.20 Å². The van der Waals surface area contributed by atoms with Crippen LogP contribution in [0.15, 0.2) is 71.5 Å². The molecule has 1 heterocycles. The van der Waals surface area contributed by atoms with Crippen LogP contribution in [0.1, 0.15) is 22.0 Å². The maximum Gasteiger partial charge on any atom is 0.225 e. The molecule has 3 rings (SSSR count). The highest BCUT2D eigenvalue weighted by Gasteiger charge is 2.19. The van der Waals surface area contributed by atoms with Crippen molar-refractivity contribution < 1.29 is 14.3 Å². The van der Waals surface area contributed by atoms with Gasteiger partial charge in [0.15, 0.2) is 5.78 Å². The quantitative estimate of drug-likeness (QED) is 0.744. The molecule has 0 radical (unpaired) electrons. The molecule has 0 aliphatic rings. The second-order valence-electron chi connectivity index (χ2n) is 4.59. The van der Waals surface area contributed by atoms with Crippen molar-refractivity contribution in [3.8, 4) is 11.5 Å². The van der Waals surface area contributed by atoms with E-state index >= 15 is 0 Å². The number of benzene rings is 2. The number of hydrogen-bond donors (Lipinski definition) is 1. The fourth-order valence-corrected chi connectivity index (χ4v) is 2.09. The molecule has 1 atom stereocenters. The summed E-state index contributed by atoms with van der Waals surface area (Å²) in [4.78, 5) is 16.2. The molecule has 3 aromatic rings. The van der Waals surface area contributed by atoms with E-state index in [0.29, 0.717) is 17.0 Å². The zero-order valence-corrected chi connectivity index (χ0v) is 11.1. The SMILES string of the molecule is O=C(c1ccccc1)C(O)c1ccc(-c2ncco2)cc1. The molecule has 0 saturated carbocycles. The molecule has 0 fully saturated rings. The molecule has 1 N–H and O–H groups in total. The smallest absolute Gasteiger partial charge is 0.225 e. The molecule has 104 valence electrons. The number of ketones is 1. The van der Waals surface area contributed by atoms with Gasteiger partial charge in [-0.25, -0.2) is 4.98 Å². The van der Waals surface area contributed by atoms with Gasteiger partial charge in [-0.15, -0.1) is 0 Å². The van der Waals surface area contributed by atoms with Crippen LogP contribution in [-0.2, 0) is 0 Å². The Morgan fingerprint density at radius 1 is 1.05 bits per heavy atom. The van der Waals surface area contributed by atoms with E-state index in [1.54, 1.807) is 54.7 Å². The molecule has 4 heteroatoms. The van der Waals surface area contributed by atoms with Crippen LogP contribution >= 0.6 is 0 Å². The minimum absolute atomic E-state index is 0.320. The lowest BCUT2D eigenvalue weighted by Crippen LogP contribution is -2.12. The minimum Gasteiger partial charge on any atom is -0.445 e. The molecule has 0 spiro atoms. The number of nitrogens with zero attached hydrogens (tertiary/aromatic N) is 1. The average molecular weight is 279 g/mol. The number of aliphatic hydroxyl groups is 1. The molecule has 0 aliphatic carbocycles. The summed E-state index contributed by atoms with van der Waals surface area (Å²) in [7, 11) is 0. The highest BCUT2D eigenvalue weighted by Crippen LogP contribution is 2.22. The number of hydrogen-bond acceptors (Lipinski definition) is 4. The van der Waals surface area contributed by atoms with Crippen molar-refractivity contribution in [1.82, 2.24) is 4.98 Å². The molecular formula is C17H13NO3. The lowest BCUT2D eigenvalue weighted by Gasteiger charge is -2.10. The molecule has 0 bridgehead atoms. The molecular weight excluding hydrogens is 266 g/mol. The van der Waals surface area contributed by atoms with Crippen LogP contribution in [0.3, 0.4) is 0 Å². The van der Waals surface area contributed by atoms with Crippen LogP contribution in [-0.4, -0.2) is 15.9 Å². The van der Waals surface area contributed by atoms with Crippen molar-refractivity contribution in [1.29, 1.82) is 0 Å². The second kappa shape index (κ2) is 5.73. The molecule has 21 heavy (non-hydrogen) atoms. The molecule has 0 saturated heterocycles. The number of aromatic nitrogens is 1. The fourth-order valence-electron chi connectivity index (χ4n) is 2.09. The van der Waals surface area contributed by atoms with Crippen LogP contribution in [0, 0.1) is 0 Å². The van der Waals surface area contributed by atoms with Gasteiger partial charge in [-0.1, -0.05) is 42.5 Å². The topological polar surface area (TPSA) is 63.3 Å². The standard InChI is InChI=1S/C17H13NO3/c19-15(12-4-2-1-3-5-12)16(20)13-6-8-14(9-7-13)17-18-10-11-21-17/h1-11,16,20H. The summed E-state index contributed by atoms with van der Waals surface area (Å²) in [6, 6.07) is 15.7. The molecule has 2 aromatic carbocycles. The monoisotopic (exact) mass is 279 g/mol. The van der Waals surface area contributed by atoms with Crippen LogP contribution in [0.2, 0.25) is 0 Å². The third kappa shape index (κ3) is 2.75. The number of aliphatic hydroxyl groups excluding tert-OH is 1. The van der Waals surface area contributed by atoms with Crippen molar-refractivity contribution in [3.05, 3.63) is 78.2 Å². The van der Waals surface area contributed by atoms with Gasteiger partial charge < -0.3 is 9.52 Å². The van der Waals surface area contributed by atoms with Crippen LogP contribution in [0.4, 0.5) is 0 Å². The van der Waals surface area contributed by atoms with Gasteiger partial charge in [0.1, 0.15) is 12.4 Å². The highest BCUT2D eigenvalue weighted by molar-refractivity contribution is 5.99. The summed E-state index contributed by atoms with van der Waals surface area (Å²) in [5.74, 6) is 0.185. The zero-order chi connectivity index (χ0) is 14.7. The Kier molecular flexibility index (Phi) is 3.62. The Labute approximate surface area is 121 Å². The largest absolute Gasteiger partial charge is 0.445 e. The predicted octanol–water partition coefficient (Wildman–Crippen LogP) is 3.26. The first kappa shape index (κ1) is 13.3. The van der Waals surface area contributed by atoms with Crippen LogP contribution < -0.4 is 0 Å². The van der Waals surface area contributed by atoms with Gasteiger partial charge in [-0.3, -0.25) is 4.79 Å². The maximum atomic E-state index is 12.2. The van der Waals surface area contributed by atoms with Gasteiger partial charge >= 0.3 is 0 Å². The number of Topliss-reactive ketones (excluding diaryl/α,β-unsaturated/α-hetero) is 1. The van der Waals surface area contributed by atoms with E-state index in [1.807, 2.05) is 6.07 Å². The number of oxazole rings is 1. The fraction of sp³-hybridized carbons (Fsp3) is 0.0588. The molecule has 4 nitrogen and oxygen atoms in total. The van der Waals surface area contributed by atoms with Gasteiger partial charge in [0.2, 0.25) is 5.89 Å². The second-order valence-corrected chi connectivity index (χ2v) is 4.59. The van der Waals surface area contributed by atoms with Crippen molar-refractivity contribution in [2.24, 2.45) is 0 Å². The summed E-state index contributed by atoms with van der Waals surface area (Å²) in [5, 5.41) is 10.2. The number of carbonyl (C=O) groups excluding carboxylic acids is 1. The first-order chi connectivity index (χ1) is 10.3. The lowest BCUT2D eigenvalue weighted by atomic mass is 9.99. The first-order valence-corrected chi connectivity index (χ1v) is 6.53. The summed E-state index contributed by atoms with van der Waals surface area (Å²) >= 11 is 0. The van der Waals surface area contributed by atoms with Crippen molar-refractivity contribution in [2.75, 3.05) is 0 Å². The normalized spacial score (nSPS) is 12.0. The first-order valence-electron chi connectivity index (χ1n) is 6.53. The Bertz CT molecular complexity index is 718. The Balaban J connectivity index is 1.82. The van der Waals surface area contributed by atoms with Crippen molar-refractivity contribution in [2.45, 2.75) is 6.10 Å². The van der Waals surface area contributed by atoms with Crippen LogP contribution in [0.25, 0.3) is 11.5 Å². The third-order valence-electron chi connectivity index (χ3n) is 3.21. The molecule has 0 amide bonds. The molecule has 1 unspecified atom stereocenters. The van der Waals surface area contributed by atoms with E-state index in [-0.39, 0.29) is 5.78 Å². The lowest BCUT2D eigenvalue weighted by molar-refractivity contribution is 0.0747.